The lowest BCUT2D eigenvalue weighted by molar-refractivity contribution is 0.0940. The number of hydrogen-bond acceptors (Lipinski definition) is 7. The Balaban J connectivity index is 1.62. The van der Waals surface area contributed by atoms with Crippen LogP contribution in [0.4, 0.5) is 4.39 Å². The van der Waals surface area contributed by atoms with Gasteiger partial charge >= 0.3 is 0 Å². The van der Waals surface area contributed by atoms with E-state index >= 15 is 0 Å². The molecule has 1 amide bonds. The largest absolute Gasteiger partial charge is 0.344 e. The topological polar surface area (TPSA) is 107 Å². The molecule has 4 aromatic rings. The number of nitrogens with zero attached hydrogens (tertiary/aromatic N) is 4. The first-order chi connectivity index (χ1) is 14.2. The van der Waals surface area contributed by atoms with E-state index in [0.717, 1.165) is 17.6 Å². The SMILES string of the molecule is C[C@H](NC(=O)c1cncc2c1cnn2-c1ccc(F)cc1)c1csc(S(C)(=O)=O)n1. The van der Waals surface area contributed by atoms with Gasteiger partial charge in [-0.25, -0.2) is 22.5 Å². The normalized spacial score (nSPS) is 12.8. The van der Waals surface area contributed by atoms with Crippen molar-refractivity contribution in [3.63, 3.8) is 0 Å². The van der Waals surface area contributed by atoms with Gasteiger partial charge in [0.25, 0.3) is 5.91 Å². The quantitative estimate of drug-likeness (QED) is 0.506. The Bertz CT molecular complexity index is 1350. The maximum absolute atomic E-state index is 13.2. The molecule has 154 valence electrons. The zero-order chi connectivity index (χ0) is 21.5. The van der Waals surface area contributed by atoms with Crippen LogP contribution in [0.2, 0.25) is 0 Å². The lowest BCUT2D eigenvalue weighted by Gasteiger charge is -2.12. The number of benzene rings is 1. The molecule has 0 aliphatic carbocycles. The molecule has 3 aromatic heterocycles. The van der Waals surface area contributed by atoms with E-state index in [1.54, 1.807) is 41.5 Å². The molecule has 3 heterocycles. The van der Waals surface area contributed by atoms with Gasteiger partial charge < -0.3 is 5.32 Å². The van der Waals surface area contributed by atoms with Gasteiger partial charge in [-0.1, -0.05) is 0 Å². The van der Waals surface area contributed by atoms with Crippen molar-refractivity contribution in [2.45, 2.75) is 17.3 Å². The van der Waals surface area contributed by atoms with Gasteiger partial charge in [-0.05, 0) is 31.2 Å². The van der Waals surface area contributed by atoms with E-state index in [4.69, 9.17) is 0 Å². The van der Waals surface area contributed by atoms with Crippen LogP contribution in [0.5, 0.6) is 0 Å². The number of carbonyl (C=O) groups is 1. The van der Waals surface area contributed by atoms with Crippen LogP contribution in [-0.2, 0) is 9.84 Å². The van der Waals surface area contributed by atoms with Gasteiger partial charge in [-0.2, -0.15) is 5.10 Å². The Morgan fingerprint density at radius 2 is 1.93 bits per heavy atom. The number of sulfone groups is 1. The number of nitrogens with one attached hydrogen (secondary N) is 1. The van der Waals surface area contributed by atoms with Crippen molar-refractivity contribution < 1.29 is 17.6 Å². The van der Waals surface area contributed by atoms with E-state index in [2.05, 4.69) is 20.4 Å². The predicted molar refractivity (Wildman–Crippen MR) is 110 cm³/mol. The van der Waals surface area contributed by atoms with E-state index in [0.29, 0.717) is 27.8 Å². The van der Waals surface area contributed by atoms with Gasteiger partial charge in [-0.15, -0.1) is 11.3 Å². The van der Waals surface area contributed by atoms with Crippen molar-refractivity contribution in [3.05, 3.63) is 65.3 Å². The lowest BCUT2D eigenvalue weighted by atomic mass is 10.1. The van der Waals surface area contributed by atoms with E-state index < -0.39 is 21.8 Å². The van der Waals surface area contributed by atoms with E-state index in [-0.39, 0.29) is 10.2 Å². The average molecular weight is 446 g/mol. The molecule has 0 unspecified atom stereocenters. The Morgan fingerprint density at radius 1 is 1.20 bits per heavy atom. The highest BCUT2D eigenvalue weighted by molar-refractivity contribution is 7.92. The molecule has 8 nitrogen and oxygen atoms in total. The summed E-state index contributed by atoms with van der Waals surface area (Å²) in [6.45, 7) is 1.72. The third kappa shape index (κ3) is 3.81. The minimum atomic E-state index is -3.40. The molecule has 0 spiro atoms. The van der Waals surface area contributed by atoms with E-state index in [1.165, 1.54) is 18.3 Å². The molecule has 0 aliphatic rings. The van der Waals surface area contributed by atoms with Gasteiger partial charge in [0.2, 0.25) is 14.2 Å². The van der Waals surface area contributed by atoms with Crippen LogP contribution in [0.1, 0.15) is 29.0 Å². The van der Waals surface area contributed by atoms with Crippen molar-refractivity contribution in [2.75, 3.05) is 6.26 Å². The number of rotatable bonds is 5. The summed E-state index contributed by atoms with van der Waals surface area (Å²) < 4.78 is 38.0. The maximum Gasteiger partial charge on any atom is 0.254 e. The summed E-state index contributed by atoms with van der Waals surface area (Å²) in [5.41, 5.74) is 1.99. The minimum absolute atomic E-state index is 0.00272. The number of aromatic nitrogens is 4. The van der Waals surface area contributed by atoms with Crippen molar-refractivity contribution in [1.29, 1.82) is 0 Å². The average Bonchev–Trinajstić information content (AvgIpc) is 3.36. The Kier molecular flexibility index (Phi) is 5.08. The second-order valence-electron chi connectivity index (χ2n) is 6.66. The smallest absolute Gasteiger partial charge is 0.254 e. The third-order valence-corrected chi connectivity index (χ3v) is 7.00. The molecular formula is C19H16FN5O3S2. The molecule has 1 N–H and O–H groups in total. The fourth-order valence-corrected chi connectivity index (χ4v) is 4.65. The highest BCUT2D eigenvalue weighted by Gasteiger charge is 2.20. The van der Waals surface area contributed by atoms with E-state index in [1.807, 2.05) is 0 Å². The zero-order valence-electron chi connectivity index (χ0n) is 15.9. The highest BCUT2D eigenvalue weighted by atomic mass is 32.2. The van der Waals surface area contributed by atoms with Crippen LogP contribution in [0.15, 0.2) is 52.6 Å². The van der Waals surface area contributed by atoms with Gasteiger partial charge in [0, 0.05) is 23.2 Å². The molecule has 0 fully saturated rings. The molecule has 30 heavy (non-hydrogen) atoms. The summed E-state index contributed by atoms with van der Waals surface area (Å²) in [4.78, 5) is 21.1. The summed E-state index contributed by atoms with van der Waals surface area (Å²) in [6, 6.07) is 5.31. The molecule has 1 aromatic carbocycles. The van der Waals surface area contributed by atoms with Crippen LogP contribution >= 0.6 is 11.3 Å². The lowest BCUT2D eigenvalue weighted by Crippen LogP contribution is -2.27. The Hall–Kier alpha value is -3.18. The fraction of sp³-hybridized carbons (Fsp3) is 0.158. The molecule has 11 heteroatoms. The van der Waals surface area contributed by atoms with Crippen LogP contribution in [0.3, 0.4) is 0 Å². The minimum Gasteiger partial charge on any atom is -0.344 e. The van der Waals surface area contributed by atoms with Crippen molar-refractivity contribution in [2.24, 2.45) is 0 Å². The second kappa shape index (κ2) is 7.58. The van der Waals surface area contributed by atoms with Crippen molar-refractivity contribution in [1.82, 2.24) is 25.1 Å². The summed E-state index contributed by atoms with van der Waals surface area (Å²) in [5, 5.41) is 9.29. The zero-order valence-corrected chi connectivity index (χ0v) is 17.5. The monoisotopic (exact) mass is 445 g/mol. The molecule has 0 bridgehead atoms. The standard InChI is InChI=1S/C19H16FN5O3S2/c1-11(16-10-29-19(24-16)30(2,27)28)23-18(26)15-7-21-9-17-14(15)8-22-25(17)13-5-3-12(20)4-6-13/h3-11H,1-2H3,(H,23,26)/t11-/m0/s1. The summed E-state index contributed by atoms with van der Waals surface area (Å²) in [6.07, 6.45) is 5.64. The van der Waals surface area contributed by atoms with Crippen LogP contribution < -0.4 is 5.32 Å². The van der Waals surface area contributed by atoms with E-state index in [9.17, 15) is 17.6 Å². The summed E-state index contributed by atoms with van der Waals surface area (Å²) in [5.74, 6) is -0.753. The van der Waals surface area contributed by atoms with Gasteiger partial charge in [0.15, 0.2) is 0 Å². The summed E-state index contributed by atoms with van der Waals surface area (Å²) >= 11 is 1.01. The molecule has 0 aliphatic heterocycles. The fourth-order valence-electron chi connectivity index (χ4n) is 2.90. The third-order valence-electron chi connectivity index (χ3n) is 4.42. The number of hydrogen-bond donors (Lipinski definition) is 1. The first-order valence-corrected chi connectivity index (χ1v) is 11.5. The molecular weight excluding hydrogens is 429 g/mol. The molecule has 1 atom stereocenters. The predicted octanol–water partition coefficient (Wildman–Crippen LogP) is 2.91. The first kappa shape index (κ1) is 20.1. The highest BCUT2D eigenvalue weighted by Crippen LogP contribution is 2.23. The van der Waals surface area contributed by atoms with Crippen LogP contribution in [0.25, 0.3) is 16.6 Å². The number of carbonyl (C=O) groups excluding carboxylic acids is 1. The second-order valence-corrected chi connectivity index (χ2v) is 9.71. The van der Waals surface area contributed by atoms with Gasteiger partial charge in [0.05, 0.1) is 40.9 Å². The van der Waals surface area contributed by atoms with Crippen LogP contribution in [0, 0.1) is 5.82 Å². The first-order valence-electron chi connectivity index (χ1n) is 8.78. The van der Waals surface area contributed by atoms with Crippen molar-refractivity contribution >= 4 is 38.0 Å². The Labute approximate surface area is 175 Å². The number of halogens is 1. The number of fused-ring (bicyclic) bond motifs is 1. The molecule has 0 saturated carbocycles. The maximum atomic E-state index is 13.2. The molecule has 0 saturated heterocycles. The van der Waals surface area contributed by atoms with Crippen LogP contribution in [-0.4, -0.2) is 40.3 Å². The number of thiazole rings is 1. The molecule has 4 rings (SSSR count). The van der Waals surface area contributed by atoms with Crippen molar-refractivity contribution in [3.8, 4) is 5.69 Å². The van der Waals surface area contributed by atoms with Gasteiger partial charge in [-0.3, -0.25) is 9.78 Å². The summed E-state index contributed by atoms with van der Waals surface area (Å²) in [7, 11) is -3.40. The number of pyridine rings is 1. The Morgan fingerprint density at radius 3 is 2.60 bits per heavy atom. The molecule has 0 radical (unpaired) electrons. The van der Waals surface area contributed by atoms with Gasteiger partial charge in [0.1, 0.15) is 5.82 Å². The number of amides is 1.